The molecule has 3 atom stereocenters. The lowest BCUT2D eigenvalue weighted by atomic mass is 9.40. The lowest BCUT2D eigenvalue weighted by Gasteiger charge is -2.65. The molecule has 1 amide bonds. The van der Waals surface area contributed by atoms with Gasteiger partial charge >= 0.3 is 0 Å². The first-order valence-corrected chi connectivity index (χ1v) is 12.9. The van der Waals surface area contributed by atoms with Crippen molar-refractivity contribution in [2.75, 3.05) is 25.1 Å². The summed E-state index contributed by atoms with van der Waals surface area (Å²) in [6.45, 7) is 7.02. The molecule has 182 valence electrons. The number of amides is 1. The Bertz CT molecular complexity index is 1160. The molecule has 0 radical (unpaired) electrons. The zero-order valence-corrected chi connectivity index (χ0v) is 20.4. The van der Waals surface area contributed by atoms with E-state index in [0.717, 1.165) is 17.0 Å². The average molecular weight is 465 g/mol. The highest BCUT2D eigenvalue weighted by Crippen LogP contribution is 2.70. The number of benzene rings is 1. The number of nitrogens with one attached hydrogen (secondary N) is 1. The molecule has 5 fully saturated rings. The predicted molar refractivity (Wildman–Crippen MR) is 132 cm³/mol. The molecule has 7 rings (SSSR count). The van der Waals surface area contributed by atoms with Crippen LogP contribution in [0.15, 0.2) is 35.3 Å². The number of carbonyl (C=O) groups is 1. The Labute approximate surface area is 201 Å². The fourth-order valence-corrected chi connectivity index (χ4v) is 8.85. The Hall–Kier alpha value is -2.18. The van der Waals surface area contributed by atoms with Gasteiger partial charge in [-0.15, -0.1) is 0 Å². The molecule has 3 unspecified atom stereocenters. The van der Waals surface area contributed by atoms with Crippen molar-refractivity contribution in [1.29, 1.82) is 0 Å². The van der Waals surface area contributed by atoms with E-state index in [1.54, 1.807) is 10.8 Å². The summed E-state index contributed by atoms with van der Waals surface area (Å²) in [6, 6.07) is 7.53. The molecular weight excluding hydrogens is 428 g/mol. The zero-order valence-electron chi connectivity index (χ0n) is 20.4. The summed E-state index contributed by atoms with van der Waals surface area (Å²) in [5, 5.41) is 4.59. The lowest BCUT2D eigenvalue weighted by Crippen LogP contribution is -2.55. The van der Waals surface area contributed by atoms with Crippen molar-refractivity contribution in [2.45, 2.75) is 71.4 Å². The number of ether oxygens (including phenoxy) is 2. The van der Waals surface area contributed by atoms with Gasteiger partial charge in [0.2, 0.25) is 5.91 Å². The van der Waals surface area contributed by atoms with Crippen molar-refractivity contribution in [1.82, 2.24) is 4.57 Å². The van der Waals surface area contributed by atoms with Crippen molar-refractivity contribution in [2.24, 2.45) is 22.2 Å². The van der Waals surface area contributed by atoms with Crippen LogP contribution in [0.25, 0.3) is 10.8 Å². The number of hydrogen-bond acceptors (Lipinski definition) is 4. The second-order valence-corrected chi connectivity index (χ2v) is 12.5. The molecule has 4 aliphatic carbocycles. The molecule has 2 heterocycles. The second kappa shape index (κ2) is 7.92. The highest BCUT2D eigenvalue weighted by atomic mass is 16.6. The minimum Gasteiger partial charge on any atom is -0.376 e. The smallest absolute Gasteiger partial charge is 0.258 e. The van der Waals surface area contributed by atoms with Crippen LogP contribution in [0.3, 0.4) is 0 Å². The maximum atomic E-state index is 13.3. The van der Waals surface area contributed by atoms with E-state index in [1.807, 2.05) is 24.3 Å². The number of rotatable bonds is 5. The molecule has 6 nitrogen and oxygen atoms in total. The summed E-state index contributed by atoms with van der Waals surface area (Å²) < 4.78 is 12.9. The molecule has 1 saturated heterocycles. The standard InChI is InChI=1S/C28H36N2O4/c1-26-10-19-11-27(2,16-26)18-28(12-19,17-26)13-24(31)29-23-5-3-4-22-21(23)6-7-30(25(22)32)14-20-15-33-8-9-34-20/h3-7,19-20H,8-18H2,1-2H3,(H,29,31). The van der Waals surface area contributed by atoms with Gasteiger partial charge in [0.25, 0.3) is 5.56 Å². The van der Waals surface area contributed by atoms with Gasteiger partial charge in [0.15, 0.2) is 0 Å². The van der Waals surface area contributed by atoms with Crippen LogP contribution in [0, 0.1) is 22.2 Å². The minimum absolute atomic E-state index is 0.0651. The van der Waals surface area contributed by atoms with Crippen LogP contribution in [-0.2, 0) is 20.8 Å². The first kappa shape index (κ1) is 22.3. The van der Waals surface area contributed by atoms with Gasteiger partial charge < -0.3 is 19.4 Å². The number of pyridine rings is 1. The van der Waals surface area contributed by atoms with E-state index in [0.29, 0.717) is 49.0 Å². The van der Waals surface area contributed by atoms with E-state index in [4.69, 9.17) is 9.47 Å². The van der Waals surface area contributed by atoms with Gasteiger partial charge in [-0.3, -0.25) is 9.59 Å². The van der Waals surface area contributed by atoms with Crippen LogP contribution in [0.1, 0.15) is 58.8 Å². The third kappa shape index (κ3) is 3.99. The Morgan fingerprint density at radius 3 is 2.56 bits per heavy atom. The SMILES string of the molecule is CC12CC3CC(C)(C1)CC(CC(=O)Nc1cccc4c(=O)n(CC5COCCO5)ccc14)(C3)C2. The van der Waals surface area contributed by atoms with Gasteiger partial charge in [-0.2, -0.15) is 0 Å². The Balaban J connectivity index is 1.21. The van der Waals surface area contributed by atoms with Gasteiger partial charge in [0, 0.05) is 29.1 Å². The average Bonchev–Trinajstić information content (AvgIpc) is 2.74. The van der Waals surface area contributed by atoms with Gasteiger partial charge in [-0.1, -0.05) is 19.9 Å². The van der Waals surface area contributed by atoms with Crippen LogP contribution in [0.4, 0.5) is 5.69 Å². The lowest BCUT2D eigenvalue weighted by molar-refractivity contribution is -0.153. The molecule has 6 heteroatoms. The van der Waals surface area contributed by atoms with Crippen molar-refractivity contribution in [3.05, 3.63) is 40.8 Å². The molecule has 1 aliphatic heterocycles. The second-order valence-electron chi connectivity index (χ2n) is 12.5. The van der Waals surface area contributed by atoms with E-state index in [9.17, 15) is 9.59 Å². The fraction of sp³-hybridized carbons (Fsp3) is 0.643. The Morgan fingerprint density at radius 1 is 1.06 bits per heavy atom. The number of carbonyl (C=O) groups excluding carboxylic acids is 1. The molecule has 34 heavy (non-hydrogen) atoms. The molecule has 2 aromatic rings. The van der Waals surface area contributed by atoms with Gasteiger partial charge in [-0.25, -0.2) is 0 Å². The molecule has 5 aliphatic rings. The van der Waals surface area contributed by atoms with Crippen molar-refractivity contribution >= 4 is 22.4 Å². The van der Waals surface area contributed by atoms with E-state index in [2.05, 4.69) is 19.2 Å². The number of fused-ring (bicyclic) bond motifs is 1. The normalized spacial score (nSPS) is 36.6. The molecular formula is C28H36N2O4. The summed E-state index contributed by atoms with van der Waals surface area (Å²) in [7, 11) is 0. The zero-order chi connectivity index (χ0) is 23.6. The molecule has 1 aromatic heterocycles. The maximum Gasteiger partial charge on any atom is 0.258 e. The van der Waals surface area contributed by atoms with Crippen LogP contribution in [-0.4, -0.2) is 36.4 Å². The number of hydrogen-bond donors (Lipinski definition) is 1. The summed E-state index contributed by atoms with van der Waals surface area (Å²) in [5.41, 5.74) is 1.58. The van der Waals surface area contributed by atoms with Crippen molar-refractivity contribution in [3.8, 4) is 0 Å². The monoisotopic (exact) mass is 464 g/mol. The van der Waals surface area contributed by atoms with E-state index in [-0.39, 0.29) is 23.0 Å². The summed E-state index contributed by atoms with van der Waals surface area (Å²) in [4.78, 5) is 26.5. The third-order valence-electron chi connectivity index (χ3n) is 8.86. The predicted octanol–water partition coefficient (Wildman–Crippen LogP) is 4.74. The summed E-state index contributed by atoms with van der Waals surface area (Å²) in [6.07, 6.45) is 9.79. The molecule has 1 N–H and O–H groups in total. The van der Waals surface area contributed by atoms with E-state index in [1.165, 1.54) is 38.5 Å². The summed E-state index contributed by atoms with van der Waals surface area (Å²) >= 11 is 0. The van der Waals surface area contributed by atoms with Gasteiger partial charge in [0.05, 0.1) is 32.5 Å². The highest BCUT2D eigenvalue weighted by Gasteiger charge is 2.60. The molecule has 4 saturated carbocycles. The first-order valence-electron chi connectivity index (χ1n) is 12.9. The fourth-order valence-electron chi connectivity index (χ4n) is 8.85. The number of anilines is 1. The van der Waals surface area contributed by atoms with E-state index >= 15 is 0 Å². The largest absolute Gasteiger partial charge is 0.376 e. The Kier molecular flexibility index (Phi) is 5.19. The van der Waals surface area contributed by atoms with Gasteiger partial charge in [-0.05, 0) is 78.9 Å². The van der Waals surface area contributed by atoms with Crippen LogP contribution in [0.2, 0.25) is 0 Å². The van der Waals surface area contributed by atoms with Crippen LogP contribution < -0.4 is 10.9 Å². The van der Waals surface area contributed by atoms with Crippen molar-refractivity contribution in [3.63, 3.8) is 0 Å². The Morgan fingerprint density at radius 2 is 1.85 bits per heavy atom. The topological polar surface area (TPSA) is 69.6 Å². The molecule has 1 aromatic carbocycles. The molecule has 4 bridgehead atoms. The minimum atomic E-state index is -0.115. The summed E-state index contributed by atoms with van der Waals surface area (Å²) in [5.74, 6) is 0.854. The molecule has 0 spiro atoms. The maximum absolute atomic E-state index is 13.3. The van der Waals surface area contributed by atoms with Gasteiger partial charge in [0.1, 0.15) is 0 Å². The van der Waals surface area contributed by atoms with Crippen molar-refractivity contribution < 1.29 is 14.3 Å². The van der Waals surface area contributed by atoms with Crippen LogP contribution >= 0.6 is 0 Å². The number of nitrogens with zero attached hydrogens (tertiary/aromatic N) is 1. The highest BCUT2D eigenvalue weighted by molar-refractivity contribution is 6.02. The first-order chi connectivity index (χ1) is 16.2. The van der Waals surface area contributed by atoms with E-state index < -0.39 is 0 Å². The third-order valence-corrected chi connectivity index (χ3v) is 8.86. The van der Waals surface area contributed by atoms with Crippen LogP contribution in [0.5, 0.6) is 0 Å². The number of aromatic nitrogens is 1. The quantitative estimate of drug-likeness (QED) is 0.694.